The molecule has 0 radical (unpaired) electrons. The van der Waals surface area contributed by atoms with Crippen molar-refractivity contribution in [3.8, 4) is 11.5 Å². The van der Waals surface area contributed by atoms with Crippen LogP contribution in [0.25, 0.3) is 0 Å². The van der Waals surface area contributed by atoms with Crippen molar-refractivity contribution in [1.29, 1.82) is 0 Å². The van der Waals surface area contributed by atoms with E-state index in [1.165, 1.54) is 0 Å². The van der Waals surface area contributed by atoms with Gasteiger partial charge in [0.05, 0.1) is 0 Å². The van der Waals surface area contributed by atoms with Crippen LogP contribution in [0.5, 0.6) is 11.5 Å². The molecule has 0 amide bonds. The number of rotatable bonds is 10. The van der Waals surface area contributed by atoms with E-state index >= 15 is 0 Å². The lowest BCUT2D eigenvalue weighted by molar-refractivity contribution is -0.286. The molecule has 0 aliphatic heterocycles. The summed E-state index contributed by atoms with van der Waals surface area (Å²) in [6.45, 7) is -2.55. The SMILES string of the molecule is O=C(OCC(OC(=O)C(F)(F)C(F)(F)F)c1ccc(OC(=O)C(F)(F)C(F)(F)F)c(OC(=O)C(F)(F)C(F)(F)F)c1)C(F)(F)C(F)(F)F. The van der Waals surface area contributed by atoms with E-state index in [1.54, 1.807) is 0 Å². The summed E-state index contributed by atoms with van der Waals surface area (Å²) < 4.78 is 270. The Morgan fingerprint density at radius 3 is 1.19 bits per heavy atom. The maximum Gasteiger partial charge on any atom is 0.465 e. The average Bonchev–Trinajstić information content (AvgIpc) is 2.88. The molecule has 0 spiro atoms. The van der Waals surface area contributed by atoms with E-state index in [0.717, 1.165) is 0 Å². The molecule has 0 N–H and O–H groups in total. The van der Waals surface area contributed by atoms with E-state index in [2.05, 4.69) is 18.9 Å². The van der Waals surface area contributed by atoms with Gasteiger partial charge in [-0.3, -0.25) is 0 Å². The molecule has 0 fully saturated rings. The van der Waals surface area contributed by atoms with E-state index in [0.29, 0.717) is 0 Å². The first-order valence-electron chi connectivity index (χ1n) is 10.8. The second-order valence-corrected chi connectivity index (χ2v) is 8.27. The fourth-order valence-electron chi connectivity index (χ4n) is 2.32. The molecule has 274 valence electrons. The summed E-state index contributed by atoms with van der Waals surface area (Å²) in [7, 11) is 0. The van der Waals surface area contributed by atoms with Gasteiger partial charge in [-0.25, -0.2) is 19.2 Å². The third-order valence-corrected chi connectivity index (χ3v) is 4.81. The molecule has 1 atom stereocenters. The van der Waals surface area contributed by atoms with Gasteiger partial charge in [0.25, 0.3) is 0 Å². The van der Waals surface area contributed by atoms with Gasteiger partial charge in [0.2, 0.25) is 0 Å². The molecule has 0 saturated heterocycles. The highest BCUT2D eigenvalue weighted by Crippen LogP contribution is 2.43. The summed E-state index contributed by atoms with van der Waals surface area (Å²) in [5.74, 6) is -46.3. The van der Waals surface area contributed by atoms with Gasteiger partial charge in [-0.15, -0.1) is 0 Å². The molecule has 1 aromatic rings. The summed E-state index contributed by atoms with van der Waals surface area (Å²) in [4.78, 5) is 45.5. The van der Waals surface area contributed by atoms with Crippen LogP contribution in [0, 0.1) is 0 Å². The monoisotopic (exact) mass is 754 g/mol. The first-order valence-corrected chi connectivity index (χ1v) is 10.8. The number of hydrogen-bond acceptors (Lipinski definition) is 8. The predicted molar refractivity (Wildman–Crippen MR) is 102 cm³/mol. The molecule has 1 unspecified atom stereocenters. The summed E-state index contributed by atoms with van der Waals surface area (Å²) in [5, 5.41) is 0. The molecule has 0 saturated carbocycles. The summed E-state index contributed by atoms with van der Waals surface area (Å²) in [5.41, 5.74) is -1.76. The Kier molecular flexibility index (Phi) is 11.3. The molecule has 0 aliphatic rings. The fraction of sp³-hybridized carbons (Fsp3) is 0.500. The van der Waals surface area contributed by atoms with Crippen molar-refractivity contribution in [2.24, 2.45) is 0 Å². The van der Waals surface area contributed by atoms with Crippen LogP contribution in [0.15, 0.2) is 18.2 Å². The van der Waals surface area contributed by atoms with Crippen LogP contribution in [0.1, 0.15) is 11.7 Å². The summed E-state index contributed by atoms with van der Waals surface area (Å²) in [6, 6.07) is -1.33. The van der Waals surface area contributed by atoms with E-state index in [-0.39, 0.29) is 6.07 Å². The van der Waals surface area contributed by atoms with Gasteiger partial charge in [-0.05, 0) is 17.7 Å². The molecule has 8 nitrogen and oxygen atoms in total. The smallest absolute Gasteiger partial charge is 0.457 e. The fourth-order valence-corrected chi connectivity index (χ4v) is 2.32. The normalized spacial score (nSPS) is 14.6. The van der Waals surface area contributed by atoms with Crippen LogP contribution in [0.2, 0.25) is 0 Å². The molecule has 28 heteroatoms. The van der Waals surface area contributed by atoms with Crippen LogP contribution < -0.4 is 9.47 Å². The maximum absolute atomic E-state index is 13.4. The molecule has 0 bridgehead atoms. The lowest BCUT2D eigenvalue weighted by atomic mass is 10.1. The Balaban J connectivity index is 3.86. The number of esters is 4. The minimum Gasteiger partial charge on any atom is -0.457 e. The van der Waals surface area contributed by atoms with E-state index < -0.39 is 114 Å². The van der Waals surface area contributed by atoms with Crippen LogP contribution >= 0.6 is 0 Å². The first-order chi connectivity index (χ1) is 21.0. The van der Waals surface area contributed by atoms with Gasteiger partial charge in [-0.1, -0.05) is 6.07 Å². The number of carbonyl (C=O) groups is 4. The van der Waals surface area contributed by atoms with Gasteiger partial charge in [0.15, 0.2) is 17.6 Å². The standard InChI is InChI=1S/C20H6F20O8/c21-13(22,17(29,30)31)9(41)45-4-8(48-12(44)16(27,28)20(38,39)40)5-1-2-6(46-10(42)14(23,24)18(32,33)34)7(3-5)47-11(43)15(25,26)19(35,36)37/h1-3,8H,4H2. The molecular formula is C20H6F20O8. The van der Waals surface area contributed by atoms with Crippen LogP contribution in [0.4, 0.5) is 87.8 Å². The molecule has 1 rings (SSSR count). The van der Waals surface area contributed by atoms with Crippen molar-refractivity contribution in [3.63, 3.8) is 0 Å². The Hall–Kier alpha value is -4.30. The lowest BCUT2D eigenvalue weighted by Gasteiger charge is -2.25. The Morgan fingerprint density at radius 2 is 0.812 bits per heavy atom. The number of carbonyl (C=O) groups excluding carboxylic acids is 4. The van der Waals surface area contributed by atoms with E-state index in [4.69, 9.17) is 0 Å². The average molecular weight is 754 g/mol. The van der Waals surface area contributed by atoms with Gasteiger partial charge < -0.3 is 18.9 Å². The number of benzene rings is 1. The van der Waals surface area contributed by atoms with Crippen molar-refractivity contribution in [1.82, 2.24) is 0 Å². The topological polar surface area (TPSA) is 105 Å². The number of halogens is 20. The van der Waals surface area contributed by atoms with Gasteiger partial charge >= 0.3 is 72.3 Å². The first kappa shape index (κ1) is 41.7. The molecular weight excluding hydrogens is 748 g/mol. The van der Waals surface area contributed by atoms with E-state index in [1.807, 2.05) is 0 Å². The minimum absolute atomic E-state index is 0.243. The van der Waals surface area contributed by atoms with Gasteiger partial charge in [-0.2, -0.15) is 87.8 Å². The summed E-state index contributed by atoms with van der Waals surface area (Å²) >= 11 is 0. The number of alkyl halides is 20. The van der Waals surface area contributed by atoms with E-state index in [9.17, 15) is 107 Å². The number of hydrogen-bond donors (Lipinski definition) is 0. The van der Waals surface area contributed by atoms with Crippen molar-refractivity contribution in [2.75, 3.05) is 6.61 Å². The molecule has 0 heterocycles. The van der Waals surface area contributed by atoms with Gasteiger partial charge in [0.1, 0.15) is 6.61 Å². The third-order valence-electron chi connectivity index (χ3n) is 4.81. The maximum atomic E-state index is 13.4. The van der Waals surface area contributed by atoms with Crippen LogP contribution in [-0.2, 0) is 28.7 Å². The zero-order valence-corrected chi connectivity index (χ0v) is 21.3. The highest BCUT2D eigenvalue weighted by molar-refractivity contribution is 5.84. The molecule has 48 heavy (non-hydrogen) atoms. The molecule has 0 aliphatic carbocycles. The Labute approximate surface area is 247 Å². The zero-order valence-electron chi connectivity index (χ0n) is 21.3. The van der Waals surface area contributed by atoms with Crippen LogP contribution in [-0.4, -0.2) is 78.9 Å². The lowest BCUT2D eigenvalue weighted by Crippen LogP contribution is -2.47. The van der Waals surface area contributed by atoms with Crippen LogP contribution in [0.3, 0.4) is 0 Å². The predicted octanol–water partition coefficient (Wildman–Crippen LogP) is 6.42. The van der Waals surface area contributed by atoms with Crippen molar-refractivity contribution in [3.05, 3.63) is 23.8 Å². The molecule has 0 aromatic heterocycles. The highest BCUT2D eigenvalue weighted by Gasteiger charge is 2.68. The highest BCUT2D eigenvalue weighted by atomic mass is 19.4. The largest absolute Gasteiger partial charge is 0.465 e. The second-order valence-electron chi connectivity index (χ2n) is 8.27. The quantitative estimate of drug-likeness (QED) is 0.153. The Morgan fingerprint density at radius 1 is 0.479 bits per heavy atom. The number of ether oxygens (including phenoxy) is 4. The zero-order chi connectivity index (χ0) is 38.3. The third kappa shape index (κ3) is 8.58. The van der Waals surface area contributed by atoms with Crippen molar-refractivity contribution in [2.45, 2.75) is 54.5 Å². The van der Waals surface area contributed by atoms with Gasteiger partial charge in [0, 0.05) is 0 Å². The second kappa shape index (κ2) is 13.0. The van der Waals surface area contributed by atoms with Crippen molar-refractivity contribution < 1.29 is 126 Å². The summed E-state index contributed by atoms with van der Waals surface area (Å²) in [6.07, 6.45) is -30.9. The van der Waals surface area contributed by atoms with Crippen molar-refractivity contribution >= 4 is 23.9 Å². The molecule has 1 aromatic carbocycles. The Bertz CT molecular complexity index is 1390. The minimum atomic E-state index is -6.92.